The number of halogens is 2. The average Bonchev–Trinajstić information content (AvgIpc) is 3.29. The molecule has 2 amide bonds. The summed E-state index contributed by atoms with van der Waals surface area (Å²) >= 11 is 6.95. The number of hydrogen-bond acceptors (Lipinski definition) is 8. The first-order valence-electron chi connectivity index (χ1n) is 9.72. The number of amides is 2. The van der Waals surface area contributed by atoms with Crippen LogP contribution in [0.1, 0.15) is 25.9 Å². The van der Waals surface area contributed by atoms with Crippen molar-refractivity contribution in [1.29, 1.82) is 0 Å². The molecule has 3 aromatic heterocycles. The van der Waals surface area contributed by atoms with Crippen molar-refractivity contribution in [2.45, 2.75) is 6.92 Å². The average molecular weight is 499 g/mol. The fraction of sp³-hybridized carbons (Fsp3) is 0.0909. The number of hydrogen-bond donors (Lipinski definition) is 2. The van der Waals surface area contributed by atoms with Gasteiger partial charge in [-0.05, 0) is 43.3 Å². The summed E-state index contributed by atoms with van der Waals surface area (Å²) in [5, 5.41) is 13.3. The van der Waals surface area contributed by atoms with Crippen molar-refractivity contribution >= 4 is 45.6 Å². The van der Waals surface area contributed by atoms with Crippen molar-refractivity contribution in [3.05, 3.63) is 76.0 Å². The van der Waals surface area contributed by atoms with E-state index >= 15 is 0 Å². The molecule has 0 atom stereocenters. The lowest BCUT2D eigenvalue weighted by molar-refractivity contribution is 0.101. The molecule has 34 heavy (non-hydrogen) atoms. The van der Waals surface area contributed by atoms with Crippen LogP contribution in [0.15, 0.2) is 48.8 Å². The van der Waals surface area contributed by atoms with E-state index in [1.807, 2.05) is 0 Å². The molecule has 4 rings (SSSR count). The Morgan fingerprint density at radius 1 is 1.00 bits per heavy atom. The van der Waals surface area contributed by atoms with Crippen LogP contribution in [0.2, 0.25) is 5.15 Å². The Morgan fingerprint density at radius 2 is 1.76 bits per heavy atom. The summed E-state index contributed by atoms with van der Waals surface area (Å²) in [6.45, 7) is 1.79. The van der Waals surface area contributed by atoms with Gasteiger partial charge in [0.15, 0.2) is 0 Å². The smallest absolute Gasteiger partial charge is 0.286 e. The summed E-state index contributed by atoms with van der Waals surface area (Å²) in [5.74, 6) is -1.05. The molecule has 172 valence electrons. The van der Waals surface area contributed by atoms with E-state index in [9.17, 15) is 14.0 Å². The highest BCUT2D eigenvalue weighted by molar-refractivity contribution is 7.17. The third-order valence-corrected chi connectivity index (χ3v) is 5.62. The van der Waals surface area contributed by atoms with E-state index in [2.05, 4.69) is 30.8 Å². The first-order valence-corrected chi connectivity index (χ1v) is 10.9. The topological polar surface area (TPSA) is 119 Å². The minimum absolute atomic E-state index is 0.0180. The van der Waals surface area contributed by atoms with E-state index in [1.165, 1.54) is 43.8 Å². The third-order valence-electron chi connectivity index (χ3n) is 4.57. The van der Waals surface area contributed by atoms with Crippen molar-refractivity contribution in [2.75, 3.05) is 17.7 Å². The second kappa shape index (κ2) is 9.89. The fourth-order valence-electron chi connectivity index (χ4n) is 3.00. The molecule has 9 nitrogen and oxygen atoms in total. The molecule has 0 aliphatic carbocycles. The maximum atomic E-state index is 13.1. The lowest BCUT2D eigenvalue weighted by Crippen LogP contribution is -2.14. The zero-order valence-corrected chi connectivity index (χ0v) is 19.4. The fourth-order valence-corrected chi connectivity index (χ4v) is 3.79. The van der Waals surface area contributed by atoms with E-state index < -0.39 is 17.6 Å². The molecule has 2 N–H and O–H groups in total. The molecule has 0 unspecified atom stereocenters. The zero-order chi connectivity index (χ0) is 24.2. The number of nitrogens with zero attached hydrogens (tertiary/aromatic N) is 4. The molecule has 0 radical (unpaired) electrons. The Labute approximate surface area is 202 Å². The van der Waals surface area contributed by atoms with E-state index in [4.69, 9.17) is 16.3 Å². The van der Waals surface area contributed by atoms with Crippen molar-refractivity contribution in [2.24, 2.45) is 0 Å². The molecule has 12 heteroatoms. The molecule has 0 saturated carbocycles. The summed E-state index contributed by atoms with van der Waals surface area (Å²) < 4.78 is 18.4. The maximum absolute atomic E-state index is 13.1. The second-order valence-corrected chi connectivity index (χ2v) is 8.27. The van der Waals surface area contributed by atoms with E-state index in [0.29, 0.717) is 28.3 Å². The summed E-state index contributed by atoms with van der Waals surface area (Å²) in [4.78, 5) is 33.7. The maximum Gasteiger partial charge on any atom is 0.286 e. The Morgan fingerprint density at radius 3 is 2.50 bits per heavy atom. The van der Waals surface area contributed by atoms with Gasteiger partial charge in [-0.2, -0.15) is 0 Å². The van der Waals surface area contributed by atoms with Crippen LogP contribution in [0, 0.1) is 12.7 Å². The molecule has 0 aliphatic heterocycles. The lowest BCUT2D eigenvalue weighted by atomic mass is 10.0. The minimum atomic E-state index is -0.543. The van der Waals surface area contributed by atoms with E-state index in [-0.39, 0.29) is 20.9 Å². The van der Waals surface area contributed by atoms with Gasteiger partial charge in [-0.25, -0.2) is 9.37 Å². The molecule has 3 heterocycles. The van der Waals surface area contributed by atoms with Crippen LogP contribution in [0.5, 0.6) is 5.75 Å². The van der Waals surface area contributed by atoms with Gasteiger partial charge in [0.25, 0.3) is 11.8 Å². The Kier molecular flexibility index (Phi) is 6.75. The molecule has 0 spiro atoms. The summed E-state index contributed by atoms with van der Waals surface area (Å²) in [6.07, 6.45) is 2.89. The Bertz CT molecular complexity index is 1380. The zero-order valence-electron chi connectivity index (χ0n) is 17.8. The quantitative estimate of drug-likeness (QED) is 0.372. The molecule has 0 saturated heterocycles. The van der Waals surface area contributed by atoms with Gasteiger partial charge < -0.3 is 10.1 Å². The normalized spacial score (nSPS) is 10.6. The second-order valence-electron chi connectivity index (χ2n) is 6.91. The van der Waals surface area contributed by atoms with Crippen LogP contribution in [0.25, 0.3) is 11.1 Å². The highest BCUT2D eigenvalue weighted by atomic mass is 35.5. The predicted octanol–water partition coefficient (Wildman–Crippen LogP) is 4.61. The van der Waals surface area contributed by atoms with Crippen LogP contribution in [-0.2, 0) is 0 Å². The molecule has 1 aromatic carbocycles. The molecule has 0 fully saturated rings. The summed E-state index contributed by atoms with van der Waals surface area (Å²) in [6, 6.07) is 8.60. The summed E-state index contributed by atoms with van der Waals surface area (Å²) in [7, 11) is 1.49. The van der Waals surface area contributed by atoms with Crippen molar-refractivity contribution < 1.29 is 18.7 Å². The molecule has 0 aliphatic rings. The number of pyridine rings is 2. The molecule has 0 bridgehead atoms. The third kappa shape index (κ3) is 5.16. The number of anilines is 2. The molecular weight excluding hydrogens is 483 g/mol. The van der Waals surface area contributed by atoms with Gasteiger partial charge in [-0.3, -0.25) is 19.9 Å². The lowest BCUT2D eigenvalue weighted by Gasteiger charge is -2.13. The number of aryl methyl sites for hydroxylation is 1. The number of methoxy groups -OCH3 is 1. The van der Waals surface area contributed by atoms with Crippen LogP contribution in [-0.4, -0.2) is 39.1 Å². The van der Waals surface area contributed by atoms with Gasteiger partial charge in [0.2, 0.25) is 10.1 Å². The number of carbonyl (C=O) groups excluding carboxylic acids is 2. The number of aromatic nitrogens is 4. The van der Waals surface area contributed by atoms with Gasteiger partial charge in [0.1, 0.15) is 16.7 Å². The predicted molar refractivity (Wildman–Crippen MR) is 126 cm³/mol. The van der Waals surface area contributed by atoms with Crippen molar-refractivity contribution in [3.8, 4) is 16.9 Å². The number of benzene rings is 1. The molecular formula is C22H16ClFN6O3S. The molecule has 4 aromatic rings. The van der Waals surface area contributed by atoms with Crippen LogP contribution < -0.4 is 15.4 Å². The summed E-state index contributed by atoms with van der Waals surface area (Å²) in [5.41, 5.74) is 2.41. The van der Waals surface area contributed by atoms with E-state index in [0.717, 1.165) is 11.3 Å². The number of nitrogens with one attached hydrogen (secondary N) is 2. The van der Waals surface area contributed by atoms with Crippen molar-refractivity contribution in [1.82, 2.24) is 20.2 Å². The van der Waals surface area contributed by atoms with Gasteiger partial charge in [0.05, 0.1) is 18.9 Å². The standard InChI is InChI=1S/C22H16ClFN6O3S/c1-11-7-14(15-8-18(23)26-10-17(15)33-2)16(9-25-11)19(31)28-22-30-29-21(34-22)20(32)27-13-5-3-12(24)4-6-13/h3-10H,1-2H3,(H,27,32)(H,28,30,31). The van der Waals surface area contributed by atoms with Gasteiger partial charge >= 0.3 is 0 Å². The van der Waals surface area contributed by atoms with Crippen LogP contribution in [0.4, 0.5) is 15.2 Å². The number of carbonyl (C=O) groups is 2. The Hall–Kier alpha value is -3.96. The van der Waals surface area contributed by atoms with Crippen molar-refractivity contribution in [3.63, 3.8) is 0 Å². The van der Waals surface area contributed by atoms with Crippen LogP contribution in [0.3, 0.4) is 0 Å². The first kappa shape index (κ1) is 23.2. The number of ether oxygens (including phenoxy) is 1. The number of rotatable bonds is 6. The Balaban J connectivity index is 1.56. The minimum Gasteiger partial charge on any atom is -0.494 e. The van der Waals surface area contributed by atoms with Gasteiger partial charge in [-0.15, -0.1) is 10.2 Å². The largest absolute Gasteiger partial charge is 0.494 e. The van der Waals surface area contributed by atoms with Gasteiger partial charge in [0, 0.05) is 28.7 Å². The van der Waals surface area contributed by atoms with Gasteiger partial charge in [-0.1, -0.05) is 22.9 Å². The monoisotopic (exact) mass is 498 g/mol. The SMILES string of the molecule is COc1cnc(Cl)cc1-c1cc(C)ncc1C(=O)Nc1nnc(C(=O)Nc2ccc(F)cc2)s1. The van der Waals surface area contributed by atoms with E-state index in [1.54, 1.807) is 19.1 Å². The van der Waals surface area contributed by atoms with Crippen LogP contribution >= 0.6 is 22.9 Å². The highest BCUT2D eigenvalue weighted by Crippen LogP contribution is 2.34. The first-order chi connectivity index (χ1) is 16.3. The highest BCUT2D eigenvalue weighted by Gasteiger charge is 2.20.